The summed E-state index contributed by atoms with van der Waals surface area (Å²) in [7, 11) is 0. The zero-order chi connectivity index (χ0) is 19.1. The number of hydrogen-bond acceptors (Lipinski definition) is 4. The van der Waals surface area contributed by atoms with E-state index in [0.29, 0.717) is 6.54 Å². The summed E-state index contributed by atoms with van der Waals surface area (Å²) >= 11 is 0. The molecule has 6 nitrogen and oxygen atoms in total. The number of benzene rings is 1. The standard InChI is InChI=1S/C20H24FN3O3/c21-16-8-3-2-7-15(16)20(26)23-14-19(25)22-13-17(18-9-6-12-27-18)24-10-4-1-5-11-24/h2-3,6-9,12,17H,1,4-5,10-11,13-14H2,(H,22,25)(H,23,26). The fourth-order valence-electron chi connectivity index (χ4n) is 3.29. The van der Waals surface area contributed by atoms with Crippen molar-refractivity contribution in [3.8, 4) is 0 Å². The molecule has 0 bridgehead atoms. The zero-order valence-electron chi connectivity index (χ0n) is 15.1. The van der Waals surface area contributed by atoms with E-state index in [1.807, 2.05) is 12.1 Å². The third-order valence-electron chi connectivity index (χ3n) is 4.72. The van der Waals surface area contributed by atoms with Gasteiger partial charge in [-0.25, -0.2) is 4.39 Å². The minimum Gasteiger partial charge on any atom is -0.468 e. The van der Waals surface area contributed by atoms with Crippen molar-refractivity contribution < 1.29 is 18.4 Å². The summed E-state index contributed by atoms with van der Waals surface area (Å²) in [4.78, 5) is 26.4. The van der Waals surface area contributed by atoms with Gasteiger partial charge in [-0.3, -0.25) is 14.5 Å². The minimum absolute atomic E-state index is 0.0356. The molecule has 2 amide bonds. The zero-order valence-corrected chi connectivity index (χ0v) is 15.1. The summed E-state index contributed by atoms with van der Waals surface area (Å²) in [6.45, 7) is 2.11. The first kappa shape index (κ1) is 19.1. The van der Waals surface area contributed by atoms with Gasteiger partial charge in [0.05, 0.1) is 24.4 Å². The first-order valence-corrected chi connectivity index (χ1v) is 9.22. The molecule has 0 saturated carbocycles. The minimum atomic E-state index is -0.613. The summed E-state index contributed by atoms with van der Waals surface area (Å²) in [5.41, 5.74) is -0.0768. The van der Waals surface area contributed by atoms with E-state index in [1.165, 1.54) is 24.6 Å². The van der Waals surface area contributed by atoms with E-state index in [1.54, 1.807) is 12.3 Å². The molecule has 0 spiro atoms. The van der Waals surface area contributed by atoms with Crippen LogP contribution in [0.25, 0.3) is 0 Å². The highest BCUT2D eigenvalue weighted by Crippen LogP contribution is 2.24. The third-order valence-corrected chi connectivity index (χ3v) is 4.72. The van der Waals surface area contributed by atoms with Gasteiger partial charge in [0.1, 0.15) is 11.6 Å². The van der Waals surface area contributed by atoms with Crippen molar-refractivity contribution in [1.29, 1.82) is 0 Å². The van der Waals surface area contributed by atoms with Crippen LogP contribution < -0.4 is 10.6 Å². The number of hydrogen-bond donors (Lipinski definition) is 2. The molecule has 1 aliphatic rings. The van der Waals surface area contributed by atoms with E-state index in [4.69, 9.17) is 4.42 Å². The molecule has 27 heavy (non-hydrogen) atoms. The number of rotatable bonds is 7. The lowest BCUT2D eigenvalue weighted by atomic mass is 10.1. The number of nitrogens with one attached hydrogen (secondary N) is 2. The van der Waals surface area contributed by atoms with Crippen molar-refractivity contribution in [3.63, 3.8) is 0 Å². The summed E-state index contributed by atoms with van der Waals surface area (Å²) < 4.78 is 19.2. The summed E-state index contributed by atoms with van der Waals surface area (Å²) in [5, 5.41) is 5.29. The summed E-state index contributed by atoms with van der Waals surface area (Å²) in [5.74, 6) is -0.735. The molecule has 1 aromatic carbocycles. The molecule has 1 fully saturated rings. The molecule has 0 aliphatic carbocycles. The lowest BCUT2D eigenvalue weighted by Gasteiger charge is -2.33. The van der Waals surface area contributed by atoms with Crippen LogP contribution in [0, 0.1) is 5.82 Å². The molecule has 144 valence electrons. The molecule has 2 aromatic rings. The van der Waals surface area contributed by atoms with E-state index in [0.717, 1.165) is 31.7 Å². The van der Waals surface area contributed by atoms with E-state index in [2.05, 4.69) is 15.5 Å². The van der Waals surface area contributed by atoms with E-state index < -0.39 is 11.7 Å². The Labute approximate surface area is 157 Å². The number of likely N-dealkylation sites (tertiary alicyclic amines) is 1. The third kappa shape index (κ3) is 5.17. The Balaban J connectivity index is 1.52. The fraction of sp³-hybridized carbons (Fsp3) is 0.400. The molecule has 1 saturated heterocycles. The highest BCUT2D eigenvalue weighted by Gasteiger charge is 2.25. The molecular weight excluding hydrogens is 349 g/mol. The molecule has 1 aromatic heterocycles. The predicted molar refractivity (Wildman–Crippen MR) is 98.6 cm³/mol. The second kappa shape index (κ2) is 9.32. The topological polar surface area (TPSA) is 74.6 Å². The van der Waals surface area contributed by atoms with E-state index in [-0.39, 0.29) is 24.1 Å². The molecule has 1 aliphatic heterocycles. The monoisotopic (exact) mass is 373 g/mol. The van der Waals surface area contributed by atoms with Crippen LogP contribution in [-0.2, 0) is 4.79 Å². The molecule has 0 radical (unpaired) electrons. The molecule has 3 rings (SSSR count). The van der Waals surface area contributed by atoms with Crippen LogP contribution in [-0.4, -0.2) is 42.9 Å². The normalized spacial score (nSPS) is 15.9. The number of piperidine rings is 1. The summed E-state index contributed by atoms with van der Waals surface area (Å²) in [6.07, 6.45) is 5.10. The Morgan fingerprint density at radius 1 is 1.07 bits per heavy atom. The highest BCUT2D eigenvalue weighted by molar-refractivity contribution is 5.96. The average Bonchev–Trinajstić information content (AvgIpc) is 3.22. The van der Waals surface area contributed by atoms with Gasteiger partial charge in [-0.1, -0.05) is 18.6 Å². The Hall–Kier alpha value is -2.67. The highest BCUT2D eigenvalue weighted by atomic mass is 19.1. The second-order valence-electron chi connectivity index (χ2n) is 6.59. The average molecular weight is 373 g/mol. The van der Waals surface area contributed by atoms with Crippen LogP contribution in [0.1, 0.15) is 41.4 Å². The van der Waals surface area contributed by atoms with Gasteiger partial charge in [0.25, 0.3) is 5.91 Å². The van der Waals surface area contributed by atoms with Crippen LogP contribution in [0.3, 0.4) is 0 Å². The van der Waals surface area contributed by atoms with Crippen LogP contribution in [0.2, 0.25) is 0 Å². The van der Waals surface area contributed by atoms with Gasteiger partial charge < -0.3 is 15.1 Å². The number of nitrogens with zero attached hydrogens (tertiary/aromatic N) is 1. The maximum atomic E-state index is 13.6. The van der Waals surface area contributed by atoms with Crippen LogP contribution in [0.4, 0.5) is 4.39 Å². The first-order chi connectivity index (χ1) is 13.1. The quantitative estimate of drug-likeness (QED) is 0.782. The molecule has 7 heteroatoms. The van der Waals surface area contributed by atoms with Gasteiger partial charge in [-0.15, -0.1) is 0 Å². The van der Waals surface area contributed by atoms with Crippen LogP contribution in [0.15, 0.2) is 47.1 Å². The van der Waals surface area contributed by atoms with Gasteiger partial charge in [-0.05, 0) is 50.2 Å². The largest absolute Gasteiger partial charge is 0.468 e. The number of carbonyl (C=O) groups is 2. The van der Waals surface area contributed by atoms with Crippen LogP contribution >= 0.6 is 0 Å². The molecular formula is C20H24FN3O3. The fourth-order valence-corrected chi connectivity index (χ4v) is 3.29. The number of halogens is 1. The van der Waals surface area contributed by atoms with E-state index in [9.17, 15) is 14.0 Å². The number of carbonyl (C=O) groups excluding carboxylic acids is 2. The van der Waals surface area contributed by atoms with Gasteiger partial charge in [0, 0.05) is 6.54 Å². The Kier molecular flexibility index (Phi) is 6.59. The molecule has 1 unspecified atom stereocenters. The van der Waals surface area contributed by atoms with E-state index >= 15 is 0 Å². The van der Waals surface area contributed by atoms with Gasteiger partial charge in [-0.2, -0.15) is 0 Å². The SMILES string of the molecule is O=C(CNC(=O)c1ccccc1F)NCC(c1ccco1)N1CCCCC1. The van der Waals surface area contributed by atoms with Crippen molar-refractivity contribution in [2.24, 2.45) is 0 Å². The number of amides is 2. The number of furan rings is 1. The van der Waals surface area contributed by atoms with Gasteiger partial charge in [0.2, 0.25) is 5.91 Å². The Morgan fingerprint density at radius 2 is 1.85 bits per heavy atom. The molecule has 2 N–H and O–H groups in total. The van der Waals surface area contributed by atoms with Crippen molar-refractivity contribution in [2.45, 2.75) is 25.3 Å². The molecule has 2 heterocycles. The van der Waals surface area contributed by atoms with Crippen LogP contribution in [0.5, 0.6) is 0 Å². The second-order valence-corrected chi connectivity index (χ2v) is 6.59. The lowest BCUT2D eigenvalue weighted by molar-refractivity contribution is -0.120. The van der Waals surface area contributed by atoms with Crippen molar-refractivity contribution in [3.05, 3.63) is 59.8 Å². The van der Waals surface area contributed by atoms with Crippen molar-refractivity contribution in [1.82, 2.24) is 15.5 Å². The summed E-state index contributed by atoms with van der Waals surface area (Å²) in [6, 6.07) is 9.38. The maximum absolute atomic E-state index is 13.6. The van der Waals surface area contributed by atoms with Gasteiger partial charge >= 0.3 is 0 Å². The van der Waals surface area contributed by atoms with Gasteiger partial charge in [0.15, 0.2) is 0 Å². The maximum Gasteiger partial charge on any atom is 0.254 e. The Bertz CT molecular complexity index is 758. The predicted octanol–water partition coefficient (Wildman–Crippen LogP) is 2.49. The lowest BCUT2D eigenvalue weighted by Crippen LogP contribution is -2.43. The van der Waals surface area contributed by atoms with Crippen molar-refractivity contribution in [2.75, 3.05) is 26.2 Å². The Morgan fingerprint density at radius 3 is 2.56 bits per heavy atom. The molecule has 1 atom stereocenters. The smallest absolute Gasteiger partial charge is 0.254 e. The first-order valence-electron chi connectivity index (χ1n) is 9.22. The van der Waals surface area contributed by atoms with Crippen molar-refractivity contribution >= 4 is 11.8 Å².